The zero-order valence-corrected chi connectivity index (χ0v) is 16.8. The lowest BCUT2D eigenvalue weighted by Crippen LogP contribution is -2.40. The smallest absolute Gasteiger partial charge is 0.261 e. The maximum atomic E-state index is 12.3. The third kappa shape index (κ3) is 4.13. The van der Waals surface area contributed by atoms with Crippen molar-refractivity contribution in [3.05, 3.63) is 86.5 Å². The van der Waals surface area contributed by atoms with Crippen molar-refractivity contribution in [2.24, 2.45) is 4.99 Å². The molecule has 1 aliphatic rings. The number of hydrogen-bond donors (Lipinski definition) is 2. The summed E-state index contributed by atoms with van der Waals surface area (Å²) in [7, 11) is 0. The van der Waals surface area contributed by atoms with Crippen LogP contribution in [0.5, 0.6) is 0 Å². The van der Waals surface area contributed by atoms with E-state index in [-0.39, 0.29) is 18.0 Å². The lowest BCUT2D eigenvalue weighted by atomic mass is 10.2. The van der Waals surface area contributed by atoms with Gasteiger partial charge in [0.15, 0.2) is 5.84 Å². The van der Waals surface area contributed by atoms with Crippen LogP contribution in [0.15, 0.2) is 70.6 Å². The standard InChI is InChI=1S/C21H20N4O3S/c1-14-6-11-17(29-14)20(27)22-13-21(2)23-19(24-28-21)15-7-9-16(10-8-15)25-12-4-3-5-18(25)26/h3-12H,13H2,1-2H3,(H,22,27)(H,23,24). The lowest BCUT2D eigenvalue weighted by Gasteiger charge is -2.18. The Balaban J connectivity index is 1.45. The monoisotopic (exact) mass is 408 g/mol. The van der Waals surface area contributed by atoms with Gasteiger partial charge in [0.25, 0.3) is 11.5 Å². The van der Waals surface area contributed by atoms with Crippen LogP contribution < -0.4 is 16.4 Å². The molecule has 148 valence electrons. The van der Waals surface area contributed by atoms with Crippen LogP contribution in [-0.4, -0.2) is 28.6 Å². The molecule has 0 radical (unpaired) electrons. The molecule has 0 bridgehead atoms. The number of amidine groups is 1. The normalized spacial score (nSPS) is 18.2. The fourth-order valence-electron chi connectivity index (χ4n) is 2.95. The van der Waals surface area contributed by atoms with Gasteiger partial charge in [-0.2, -0.15) is 0 Å². The first-order valence-corrected chi connectivity index (χ1v) is 9.92. The first-order valence-electron chi connectivity index (χ1n) is 9.11. The van der Waals surface area contributed by atoms with E-state index in [2.05, 4.69) is 15.8 Å². The van der Waals surface area contributed by atoms with Gasteiger partial charge in [0.1, 0.15) is 0 Å². The second-order valence-electron chi connectivity index (χ2n) is 6.89. The maximum Gasteiger partial charge on any atom is 0.261 e. The summed E-state index contributed by atoms with van der Waals surface area (Å²) in [6, 6.07) is 16.2. The van der Waals surface area contributed by atoms with E-state index in [1.807, 2.05) is 43.3 Å². The van der Waals surface area contributed by atoms with Crippen LogP contribution in [0, 0.1) is 6.92 Å². The third-order valence-corrected chi connectivity index (χ3v) is 5.50. The van der Waals surface area contributed by atoms with Crippen LogP contribution in [0.2, 0.25) is 0 Å². The Morgan fingerprint density at radius 1 is 1.21 bits per heavy atom. The van der Waals surface area contributed by atoms with Crippen LogP contribution in [0.3, 0.4) is 0 Å². The van der Waals surface area contributed by atoms with Gasteiger partial charge in [-0.05, 0) is 56.3 Å². The molecule has 1 unspecified atom stereocenters. The van der Waals surface area contributed by atoms with Crippen molar-refractivity contribution in [1.29, 1.82) is 0 Å². The molecule has 0 saturated carbocycles. The predicted octanol–water partition coefficient (Wildman–Crippen LogP) is 2.64. The number of carbonyl (C=O) groups is 1. The molecule has 8 heteroatoms. The minimum Gasteiger partial charge on any atom is -0.346 e. The summed E-state index contributed by atoms with van der Waals surface area (Å²) in [5.74, 6) is 0.426. The number of rotatable bonds is 5. The quantitative estimate of drug-likeness (QED) is 0.680. The van der Waals surface area contributed by atoms with Gasteiger partial charge in [0.05, 0.1) is 11.4 Å². The Labute approximate surface area is 171 Å². The molecule has 3 aromatic rings. The second kappa shape index (κ2) is 7.65. The molecular weight excluding hydrogens is 388 g/mol. The number of carbonyl (C=O) groups excluding carboxylic acids is 1. The van der Waals surface area contributed by atoms with E-state index in [9.17, 15) is 9.59 Å². The molecule has 2 N–H and O–H groups in total. The lowest BCUT2D eigenvalue weighted by molar-refractivity contribution is -0.0382. The topological polar surface area (TPSA) is 84.7 Å². The van der Waals surface area contributed by atoms with Gasteiger partial charge < -0.3 is 5.32 Å². The van der Waals surface area contributed by atoms with E-state index in [1.54, 1.807) is 29.8 Å². The van der Waals surface area contributed by atoms with E-state index in [0.717, 1.165) is 16.1 Å². The fraction of sp³-hybridized carbons (Fsp3) is 0.190. The Morgan fingerprint density at radius 3 is 2.69 bits per heavy atom. The molecule has 0 spiro atoms. The third-order valence-electron chi connectivity index (χ3n) is 4.50. The maximum absolute atomic E-state index is 12.3. The molecule has 0 aliphatic carbocycles. The molecule has 4 rings (SSSR count). The fourth-order valence-corrected chi connectivity index (χ4v) is 3.73. The Kier molecular flexibility index (Phi) is 5.04. The minimum absolute atomic E-state index is 0.0934. The highest BCUT2D eigenvalue weighted by Gasteiger charge is 2.32. The molecule has 0 fully saturated rings. The predicted molar refractivity (Wildman–Crippen MR) is 113 cm³/mol. The second-order valence-corrected chi connectivity index (χ2v) is 8.18. The Morgan fingerprint density at radius 2 is 2.00 bits per heavy atom. The molecule has 1 atom stereocenters. The average Bonchev–Trinajstić information content (AvgIpc) is 3.33. The highest BCUT2D eigenvalue weighted by Crippen LogP contribution is 2.20. The van der Waals surface area contributed by atoms with E-state index in [1.165, 1.54) is 17.4 Å². The summed E-state index contributed by atoms with van der Waals surface area (Å²) >= 11 is 1.45. The molecule has 0 saturated heterocycles. The van der Waals surface area contributed by atoms with E-state index in [4.69, 9.17) is 4.84 Å². The van der Waals surface area contributed by atoms with Crippen molar-refractivity contribution in [1.82, 2.24) is 15.4 Å². The Hall–Kier alpha value is -3.23. The summed E-state index contributed by atoms with van der Waals surface area (Å²) in [6.45, 7) is 3.99. The van der Waals surface area contributed by atoms with Crippen molar-refractivity contribution in [3.8, 4) is 5.69 Å². The molecule has 1 aromatic carbocycles. The summed E-state index contributed by atoms with van der Waals surface area (Å²) in [5, 5.41) is 2.86. The number of amides is 1. The summed E-state index contributed by atoms with van der Waals surface area (Å²) in [5.41, 5.74) is 3.42. The number of pyridine rings is 1. The minimum atomic E-state index is -0.910. The van der Waals surface area contributed by atoms with Crippen molar-refractivity contribution >= 4 is 23.1 Å². The number of aryl methyl sites for hydroxylation is 1. The first-order chi connectivity index (χ1) is 13.9. The van der Waals surface area contributed by atoms with Gasteiger partial charge in [-0.15, -0.1) is 11.3 Å². The number of benzene rings is 1. The van der Waals surface area contributed by atoms with Crippen LogP contribution >= 0.6 is 11.3 Å². The number of hydroxylamine groups is 1. The van der Waals surface area contributed by atoms with Crippen molar-refractivity contribution in [2.75, 3.05) is 6.54 Å². The van der Waals surface area contributed by atoms with Gasteiger partial charge in [-0.1, -0.05) is 6.07 Å². The van der Waals surface area contributed by atoms with Crippen LogP contribution in [0.1, 0.15) is 27.0 Å². The number of aromatic nitrogens is 1. The van der Waals surface area contributed by atoms with Gasteiger partial charge in [0, 0.05) is 28.4 Å². The van der Waals surface area contributed by atoms with Crippen molar-refractivity contribution in [3.63, 3.8) is 0 Å². The number of nitrogens with one attached hydrogen (secondary N) is 2. The zero-order valence-electron chi connectivity index (χ0n) is 16.0. The number of nitrogens with zero attached hydrogens (tertiary/aromatic N) is 2. The van der Waals surface area contributed by atoms with E-state index >= 15 is 0 Å². The van der Waals surface area contributed by atoms with Gasteiger partial charge in [0.2, 0.25) is 5.72 Å². The number of hydrogen-bond acceptors (Lipinski definition) is 6. The van der Waals surface area contributed by atoms with E-state index < -0.39 is 5.72 Å². The zero-order chi connectivity index (χ0) is 20.4. The molecule has 1 aliphatic heterocycles. The highest BCUT2D eigenvalue weighted by atomic mass is 32.1. The van der Waals surface area contributed by atoms with Crippen molar-refractivity contribution in [2.45, 2.75) is 19.6 Å². The molecule has 1 amide bonds. The molecule has 2 aromatic heterocycles. The highest BCUT2D eigenvalue weighted by molar-refractivity contribution is 7.13. The SMILES string of the molecule is Cc1ccc(C(=O)NCC2(C)N=C(c3ccc(-n4ccccc4=O)cc3)NO2)s1. The molecule has 29 heavy (non-hydrogen) atoms. The molecule has 7 nitrogen and oxygen atoms in total. The van der Waals surface area contributed by atoms with E-state index in [0.29, 0.717) is 10.7 Å². The van der Waals surface area contributed by atoms with Crippen LogP contribution in [-0.2, 0) is 4.84 Å². The first kappa shape index (κ1) is 19.1. The molecular formula is C21H20N4O3S. The summed E-state index contributed by atoms with van der Waals surface area (Å²) < 4.78 is 1.57. The average molecular weight is 408 g/mol. The Bertz CT molecular complexity index is 1130. The summed E-state index contributed by atoms with van der Waals surface area (Å²) in [6.07, 6.45) is 1.72. The number of aliphatic imine (C=N–C) groups is 1. The molecule has 3 heterocycles. The number of thiophene rings is 1. The van der Waals surface area contributed by atoms with Gasteiger partial charge in [-0.3, -0.25) is 14.2 Å². The van der Waals surface area contributed by atoms with Crippen LogP contribution in [0.4, 0.5) is 0 Å². The van der Waals surface area contributed by atoms with Crippen molar-refractivity contribution < 1.29 is 9.63 Å². The van der Waals surface area contributed by atoms with Gasteiger partial charge >= 0.3 is 0 Å². The summed E-state index contributed by atoms with van der Waals surface area (Å²) in [4.78, 5) is 36.1. The van der Waals surface area contributed by atoms with Crippen LogP contribution in [0.25, 0.3) is 5.69 Å². The largest absolute Gasteiger partial charge is 0.346 e. The van der Waals surface area contributed by atoms with Gasteiger partial charge in [-0.25, -0.2) is 15.3 Å².